The summed E-state index contributed by atoms with van der Waals surface area (Å²) in [6.45, 7) is 4.23. The zero-order chi connectivity index (χ0) is 10.7. The Morgan fingerprint density at radius 3 is 2.73 bits per heavy atom. The maximum absolute atomic E-state index is 4.46. The van der Waals surface area contributed by atoms with Crippen molar-refractivity contribution >= 4 is 11.9 Å². The highest BCUT2D eigenvalue weighted by molar-refractivity contribution is 5.82. The number of aryl methyl sites for hydroxylation is 2. The smallest absolute Gasteiger partial charge is 0.0632 e. The van der Waals surface area contributed by atoms with Crippen LogP contribution in [0.2, 0.25) is 0 Å². The highest BCUT2D eigenvalue weighted by Crippen LogP contribution is 2.17. The first-order chi connectivity index (χ1) is 7.25. The Bertz CT molecular complexity index is 450. The fourth-order valence-corrected chi connectivity index (χ4v) is 1.52. The molecule has 15 heavy (non-hydrogen) atoms. The van der Waals surface area contributed by atoms with E-state index in [2.05, 4.69) is 55.3 Å². The van der Waals surface area contributed by atoms with Gasteiger partial charge in [0.15, 0.2) is 0 Å². The van der Waals surface area contributed by atoms with Crippen LogP contribution in [0.25, 0.3) is 0 Å². The molecule has 0 aromatic heterocycles. The molecule has 2 rings (SSSR count). The third-order valence-electron chi connectivity index (χ3n) is 2.67. The quantitative estimate of drug-likeness (QED) is 0.638. The van der Waals surface area contributed by atoms with Gasteiger partial charge in [0.2, 0.25) is 0 Å². The lowest BCUT2D eigenvalue weighted by molar-refractivity contribution is 1.32. The van der Waals surface area contributed by atoms with Crippen molar-refractivity contribution in [3.05, 3.63) is 53.1 Å². The van der Waals surface area contributed by atoms with E-state index in [9.17, 15) is 0 Å². The van der Waals surface area contributed by atoms with Gasteiger partial charge in [-0.2, -0.15) is 0 Å². The number of hydrogen-bond acceptors (Lipinski definition) is 1. The number of hydrogen-bond donors (Lipinski definition) is 0. The van der Waals surface area contributed by atoms with Crippen LogP contribution < -0.4 is 0 Å². The van der Waals surface area contributed by atoms with Crippen molar-refractivity contribution in [1.82, 2.24) is 0 Å². The van der Waals surface area contributed by atoms with E-state index in [0.29, 0.717) is 0 Å². The van der Waals surface area contributed by atoms with Crippen LogP contribution in [0.5, 0.6) is 0 Å². The molecule has 0 bridgehead atoms. The summed E-state index contributed by atoms with van der Waals surface area (Å²) in [6, 6.07) is 6.29. The molecule has 1 aromatic carbocycles. The molecular formula is C14H15N. The van der Waals surface area contributed by atoms with E-state index in [1.807, 2.05) is 6.21 Å². The minimum Gasteiger partial charge on any atom is -0.257 e. The average Bonchev–Trinajstić information content (AvgIpc) is 2.73. The molecule has 1 heteroatoms. The number of allylic oxidation sites excluding steroid dienone is 4. The third-order valence-corrected chi connectivity index (χ3v) is 2.67. The summed E-state index contributed by atoms with van der Waals surface area (Å²) in [6.07, 6.45) is 9.27. The van der Waals surface area contributed by atoms with Gasteiger partial charge in [-0.15, -0.1) is 0 Å². The SMILES string of the molecule is Cc1ccc(N=CC2=CC=CC2)cc1C. The molecule has 0 saturated carbocycles. The van der Waals surface area contributed by atoms with Crippen LogP contribution in [0.15, 0.2) is 47.0 Å². The summed E-state index contributed by atoms with van der Waals surface area (Å²) in [5, 5.41) is 0. The molecule has 0 saturated heterocycles. The van der Waals surface area contributed by atoms with Gasteiger partial charge in [-0.05, 0) is 49.1 Å². The van der Waals surface area contributed by atoms with Crippen molar-refractivity contribution in [1.29, 1.82) is 0 Å². The normalized spacial score (nSPS) is 14.9. The highest BCUT2D eigenvalue weighted by Gasteiger charge is 1.96. The summed E-state index contributed by atoms with van der Waals surface area (Å²) < 4.78 is 0. The summed E-state index contributed by atoms with van der Waals surface area (Å²) in [5.74, 6) is 0. The van der Waals surface area contributed by atoms with Gasteiger partial charge in [0.05, 0.1) is 5.69 Å². The van der Waals surface area contributed by atoms with E-state index < -0.39 is 0 Å². The monoisotopic (exact) mass is 197 g/mol. The van der Waals surface area contributed by atoms with Crippen LogP contribution in [0.4, 0.5) is 5.69 Å². The van der Waals surface area contributed by atoms with Gasteiger partial charge < -0.3 is 0 Å². The zero-order valence-electron chi connectivity index (χ0n) is 9.20. The van der Waals surface area contributed by atoms with Gasteiger partial charge in [0.25, 0.3) is 0 Å². The standard InChI is InChI=1S/C14H15N/c1-11-7-8-14(9-12(11)2)15-10-13-5-3-4-6-13/h3-5,7-10H,6H2,1-2H3. The fraction of sp³-hybridized carbons (Fsp3) is 0.214. The predicted octanol–water partition coefficient (Wildman–Crippen LogP) is 3.89. The number of benzene rings is 1. The van der Waals surface area contributed by atoms with E-state index in [4.69, 9.17) is 0 Å². The molecule has 0 atom stereocenters. The lowest BCUT2D eigenvalue weighted by Gasteiger charge is -2.00. The average molecular weight is 197 g/mol. The van der Waals surface area contributed by atoms with E-state index in [-0.39, 0.29) is 0 Å². The molecule has 0 heterocycles. The maximum Gasteiger partial charge on any atom is 0.0632 e. The van der Waals surface area contributed by atoms with Crippen LogP contribution in [0, 0.1) is 13.8 Å². The Hall–Kier alpha value is -1.63. The van der Waals surface area contributed by atoms with Gasteiger partial charge >= 0.3 is 0 Å². The minimum absolute atomic E-state index is 1.01. The van der Waals surface area contributed by atoms with E-state index in [1.165, 1.54) is 16.7 Å². The molecule has 76 valence electrons. The molecule has 1 aliphatic rings. The first-order valence-corrected chi connectivity index (χ1v) is 5.23. The van der Waals surface area contributed by atoms with Gasteiger partial charge in [0.1, 0.15) is 0 Å². The third kappa shape index (κ3) is 2.44. The van der Waals surface area contributed by atoms with Crippen LogP contribution in [-0.2, 0) is 0 Å². The van der Waals surface area contributed by atoms with E-state index in [0.717, 1.165) is 12.1 Å². The van der Waals surface area contributed by atoms with E-state index >= 15 is 0 Å². The van der Waals surface area contributed by atoms with Crippen molar-refractivity contribution in [2.45, 2.75) is 20.3 Å². The molecule has 0 fully saturated rings. The molecule has 1 nitrogen and oxygen atoms in total. The minimum atomic E-state index is 1.01. The predicted molar refractivity (Wildman–Crippen MR) is 65.9 cm³/mol. The molecule has 0 spiro atoms. The first-order valence-electron chi connectivity index (χ1n) is 5.23. The molecule has 0 radical (unpaired) electrons. The van der Waals surface area contributed by atoms with Crippen molar-refractivity contribution in [2.75, 3.05) is 0 Å². The summed E-state index contributed by atoms with van der Waals surface area (Å²) in [4.78, 5) is 4.46. The molecule has 0 amide bonds. The Balaban J connectivity index is 2.14. The topological polar surface area (TPSA) is 12.4 Å². The van der Waals surface area contributed by atoms with Crippen molar-refractivity contribution < 1.29 is 0 Å². The lowest BCUT2D eigenvalue weighted by Crippen LogP contribution is -1.81. The number of aliphatic imine (C=N–C) groups is 1. The second kappa shape index (κ2) is 4.26. The molecule has 1 aromatic rings. The van der Waals surface area contributed by atoms with Crippen molar-refractivity contribution in [3.8, 4) is 0 Å². The Labute approximate surface area is 90.9 Å². The second-order valence-corrected chi connectivity index (χ2v) is 3.90. The van der Waals surface area contributed by atoms with Gasteiger partial charge in [-0.25, -0.2) is 0 Å². The van der Waals surface area contributed by atoms with Crippen LogP contribution in [0.1, 0.15) is 17.5 Å². The fourth-order valence-electron chi connectivity index (χ4n) is 1.52. The summed E-state index contributed by atoms with van der Waals surface area (Å²) in [7, 11) is 0. The van der Waals surface area contributed by atoms with Gasteiger partial charge in [-0.3, -0.25) is 4.99 Å². The molecular weight excluding hydrogens is 182 g/mol. The lowest BCUT2D eigenvalue weighted by atomic mass is 10.1. The van der Waals surface area contributed by atoms with Crippen LogP contribution in [0.3, 0.4) is 0 Å². The summed E-state index contributed by atoms with van der Waals surface area (Å²) in [5.41, 5.74) is 4.91. The molecule has 1 aliphatic carbocycles. The molecule has 0 unspecified atom stereocenters. The van der Waals surface area contributed by atoms with Crippen LogP contribution in [-0.4, -0.2) is 6.21 Å². The first kappa shape index (κ1) is 9.91. The van der Waals surface area contributed by atoms with Crippen LogP contribution >= 0.6 is 0 Å². The largest absolute Gasteiger partial charge is 0.257 e. The second-order valence-electron chi connectivity index (χ2n) is 3.90. The van der Waals surface area contributed by atoms with Crippen molar-refractivity contribution in [3.63, 3.8) is 0 Å². The zero-order valence-corrected chi connectivity index (χ0v) is 9.20. The number of nitrogens with zero attached hydrogens (tertiary/aromatic N) is 1. The highest BCUT2D eigenvalue weighted by atomic mass is 14.7. The number of rotatable bonds is 2. The van der Waals surface area contributed by atoms with Gasteiger partial charge in [-0.1, -0.05) is 24.3 Å². The van der Waals surface area contributed by atoms with Gasteiger partial charge in [0, 0.05) is 6.21 Å². The Morgan fingerprint density at radius 1 is 1.20 bits per heavy atom. The Kier molecular flexibility index (Phi) is 2.82. The molecule has 0 aliphatic heterocycles. The van der Waals surface area contributed by atoms with E-state index in [1.54, 1.807) is 0 Å². The molecule has 0 N–H and O–H groups in total. The van der Waals surface area contributed by atoms with Crippen molar-refractivity contribution in [2.24, 2.45) is 4.99 Å². The summed E-state index contributed by atoms with van der Waals surface area (Å²) >= 11 is 0. The maximum atomic E-state index is 4.46. The Morgan fingerprint density at radius 2 is 2.07 bits per heavy atom.